The summed E-state index contributed by atoms with van der Waals surface area (Å²) in [5.41, 5.74) is 1.87. The Morgan fingerprint density at radius 1 is 1.20 bits per heavy atom. The van der Waals surface area contributed by atoms with E-state index in [0.717, 1.165) is 55.4 Å². The van der Waals surface area contributed by atoms with Crippen molar-refractivity contribution in [1.29, 1.82) is 0 Å². The smallest absolute Gasteiger partial charge is 0.246 e. The molecule has 1 aliphatic heterocycles. The van der Waals surface area contributed by atoms with Crippen molar-refractivity contribution in [1.82, 2.24) is 29.6 Å². The lowest BCUT2D eigenvalue weighted by molar-refractivity contribution is -0.127. The molecule has 8 heteroatoms. The van der Waals surface area contributed by atoms with Crippen molar-refractivity contribution in [2.45, 2.75) is 19.3 Å². The highest BCUT2D eigenvalue weighted by molar-refractivity contribution is 5.91. The molecule has 3 aromatic rings. The molecule has 30 heavy (non-hydrogen) atoms. The summed E-state index contributed by atoms with van der Waals surface area (Å²) in [6.45, 7) is 1.53. The fourth-order valence-electron chi connectivity index (χ4n) is 3.68. The summed E-state index contributed by atoms with van der Waals surface area (Å²) in [7, 11) is 1.86. The molecule has 0 radical (unpaired) electrons. The summed E-state index contributed by atoms with van der Waals surface area (Å²) < 4.78 is 1.74. The van der Waals surface area contributed by atoms with Crippen LogP contribution in [0.4, 0.5) is 11.6 Å². The maximum atomic E-state index is 12.6. The van der Waals surface area contributed by atoms with Gasteiger partial charge in [0.05, 0.1) is 5.69 Å². The molecular weight excluding hydrogens is 378 g/mol. The first-order valence-electron chi connectivity index (χ1n) is 10.1. The van der Waals surface area contributed by atoms with E-state index in [0.29, 0.717) is 5.92 Å². The average Bonchev–Trinajstić information content (AvgIpc) is 3.18. The molecule has 0 unspecified atom stereocenters. The Kier molecular flexibility index (Phi) is 6.12. The summed E-state index contributed by atoms with van der Waals surface area (Å²) >= 11 is 0. The molecule has 4 rings (SSSR count). The number of piperidine rings is 1. The van der Waals surface area contributed by atoms with Crippen LogP contribution in [0.2, 0.25) is 0 Å². The number of hydrogen-bond acceptors (Lipinski definition) is 6. The maximum absolute atomic E-state index is 12.6. The van der Waals surface area contributed by atoms with Gasteiger partial charge < -0.3 is 10.2 Å². The zero-order chi connectivity index (χ0) is 20.8. The summed E-state index contributed by atoms with van der Waals surface area (Å²) in [6, 6.07) is 9.53. The van der Waals surface area contributed by atoms with E-state index < -0.39 is 0 Å². The Morgan fingerprint density at radius 3 is 2.93 bits per heavy atom. The van der Waals surface area contributed by atoms with Crippen LogP contribution < -0.4 is 5.32 Å². The van der Waals surface area contributed by atoms with Crippen molar-refractivity contribution in [3.8, 4) is 0 Å². The molecule has 1 N–H and O–H groups in total. The van der Waals surface area contributed by atoms with Gasteiger partial charge in [0.15, 0.2) is 0 Å². The Bertz CT molecular complexity index is 1020. The lowest BCUT2D eigenvalue weighted by Crippen LogP contribution is -2.39. The number of anilines is 2. The molecule has 4 heterocycles. The van der Waals surface area contributed by atoms with Crippen molar-refractivity contribution in [3.05, 3.63) is 66.5 Å². The quantitative estimate of drug-likeness (QED) is 0.637. The van der Waals surface area contributed by atoms with Crippen molar-refractivity contribution < 1.29 is 4.79 Å². The Morgan fingerprint density at radius 2 is 2.13 bits per heavy atom. The fraction of sp³-hybridized carbons (Fsp3) is 0.318. The minimum Gasteiger partial charge on any atom is -0.339 e. The molecule has 1 aliphatic rings. The molecule has 8 nitrogen and oxygen atoms in total. The van der Waals surface area contributed by atoms with Crippen LogP contribution in [0.15, 0.2) is 55.1 Å². The minimum absolute atomic E-state index is 0.0427. The number of pyridine rings is 1. The molecule has 154 valence electrons. The van der Waals surface area contributed by atoms with Gasteiger partial charge in [-0.15, -0.1) is 0 Å². The van der Waals surface area contributed by atoms with Gasteiger partial charge in [-0.25, -0.2) is 15.0 Å². The Labute approximate surface area is 175 Å². The van der Waals surface area contributed by atoms with Gasteiger partial charge in [-0.3, -0.25) is 9.48 Å². The van der Waals surface area contributed by atoms with Crippen molar-refractivity contribution in [3.63, 3.8) is 0 Å². The largest absolute Gasteiger partial charge is 0.339 e. The second kappa shape index (κ2) is 9.30. The van der Waals surface area contributed by atoms with E-state index in [2.05, 4.69) is 25.4 Å². The zero-order valence-electron chi connectivity index (χ0n) is 17.0. The third kappa shape index (κ3) is 5.08. The first-order chi connectivity index (χ1) is 14.7. The van der Waals surface area contributed by atoms with E-state index >= 15 is 0 Å². The van der Waals surface area contributed by atoms with E-state index in [4.69, 9.17) is 0 Å². The first-order valence-corrected chi connectivity index (χ1v) is 10.1. The van der Waals surface area contributed by atoms with Crippen LogP contribution >= 0.6 is 0 Å². The van der Waals surface area contributed by atoms with Gasteiger partial charge in [0.2, 0.25) is 5.91 Å². The van der Waals surface area contributed by atoms with Crippen molar-refractivity contribution >= 4 is 23.6 Å². The minimum atomic E-state index is 0.0427. The predicted octanol–water partition coefficient (Wildman–Crippen LogP) is 2.84. The van der Waals surface area contributed by atoms with E-state index in [-0.39, 0.29) is 5.91 Å². The van der Waals surface area contributed by atoms with Gasteiger partial charge in [-0.05, 0) is 49.5 Å². The van der Waals surface area contributed by atoms with Crippen LogP contribution in [0.5, 0.6) is 0 Å². The number of aromatic nitrogens is 5. The van der Waals surface area contributed by atoms with E-state index in [1.165, 1.54) is 0 Å². The van der Waals surface area contributed by atoms with Crippen molar-refractivity contribution in [2.75, 3.05) is 18.4 Å². The van der Waals surface area contributed by atoms with Crippen molar-refractivity contribution in [2.24, 2.45) is 13.0 Å². The number of amides is 1. The lowest BCUT2D eigenvalue weighted by Gasteiger charge is -2.32. The van der Waals surface area contributed by atoms with Gasteiger partial charge in [0.25, 0.3) is 0 Å². The molecule has 0 aliphatic carbocycles. The number of nitrogens with one attached hydrogen (secondary N) is 1. The summed E-state index contributed by atoms with van der Waals surface area (Å²) in [5, 5.41) is 7.32. The molecule has 0 spiro atoms. The standard InChI is InChI=1S/C22H25N7O/c1-28-19(9-11-26-28)7-8-22(30)29-12-4-5-17(15-29)13-18-14-21(25-16-24-18)27-20-6-2-3-10-23-20/h2-3,6-11,14,16-17H,4-5,12-13,15H2,1H3,(H,23,24,25,27)/b8-7+/t17-/m0/s1. The first kappa shape index (κ1) is 19.8. The van der Waals surface area contributed by atoms with Crippen LogP contribution in [0.1, 0.15) is 24.2 Å². The molecule has 1 fully saturated rings. The number of hydrogen-bond donors (Lipinski definition) is 1. The lowest BCUT2D eigenvalue weighted by atomic mass is 9.93. The van der Waals surface area contributed by atoms with Gasteiger partial charge in [-0.2, -0.15) is 5.10 Å². The van der Waals surface area contributed by atoms with Crippen LogP contribution in [0.3, 0.4) is 0 Å². The van der Waals surface area contributed by atoms with E-state index in [1.807, 2.05) is 48.4 Å². The third-order valence-electron chi connectivity index (χ3n) is 5.23. The van der Waals surface area contributed by atoms with Gasteiger partial charge in [0.1, 0.15) is 18.0 Å². The molecule has 0 bridgehead atoms. The SMILES string of the molecule is Cn1nccc1/C=C/C(=O)N1CCC[C@@H](Cc2cc(Nc3ccccn3)ncn2)C1. The number of carbonyl (C=O) groups excluding carboxylic acids is 1. The molecule has 1 amide bonds. The van der Waals surface area contributed by atoms with Gasteiger partial charge in [0, 0.05) is 50.4 Å². The highest BCUT2D eigenvalue weighted by Gasteiger charge is 2.23. The molecule has 3 aromatic heterocycles. The topological polar surface area (TPSA) is 88.8 Å². The summed E-state index contributed by atoms with van der Waals surface area (Å²) in [5.74, 6) is 1.89. The molecule has 0 aromatic carbocycles. The Hall–Kier alpha value is -3.55. The molecule has 1 saturated heterocycles. The number of nitrogens with zero attached hydrogens (tertiary/aromatic N) is 6. The van der Waals surface area contributed by atoms with E-state index in [1.54, 1.807) is 29.5 Å². The summed E-state index contributed by atoms with van der Waals surface area (Å²) in [6.07, 6.45) is 11.4. The van der Waals surface area contributed by atoms with E-state index in [9.17, 15) is 4.79 Å². The van der Waals surface area contributed by atoms with Crippen LogP contribution in [0.25, 0.3) is 6.08 Å². The normalized spacial score (nSPS) is 16.7. The third-order valence-corrected chi connectivity index (χ3v) is 5.23. The molecule has 0 saturated carbocycles. The monoisotopic (exact) mass is 403 g/mol. The van der Waals surface area contributed by atoms with Crippen LogP contribution in [-0.2, 0) is 18.3 Å². The number of rotatable bonds is 6. The van der Waals surface area contributed by atoms with Gasteiger partial charge >= 0.3 is 0 Å². The Balaban J connectivity index is 1.36. The average molecular weight is 403 g/mol. The summed E-state index contributed by atoms with van der Waals surface area (Å²) in [4.78, 5) is 27.5. The highest BCUT2D eigenvalue weighted by Crippen LogP contribution is 2.22. The fourth-order valence-corrected chi connectivity index (χ4v) is 3.68. The van der Waals surface area contributed by atoms with Crippen LogP contribution in [-0.4, -0.2) is 48.6 Å². The maximum Gasteiger partial charge on any atom is 0.246 e. The number of aryl methyl sites for hydroxylation is 1. The van der Waals surface area contributed by atoms with Crippen LogP contribution in [0, 0.1) is 5.92 Å². The highest BCUT2D eigenvalue weighted by atomic mass is 16.2. The number of carbonyl (C=O) groups is 1. The number of likely N-dealkylation sites (tertiary alicyclic amines) is 1. The zero-order valence-corrected chi connectivity index (χ0v) is 17.0. The second-order valence-electron chi connectivity index (χ2n) is 7.44. The van der Waals surface area contributed by atoms with Gasteiger partial charge in [-0.1, -0.05) is 6.07 Å². The molecule has 1 atom stereocenters. The second-order valence-corrected chi connectivity index (χ2v) is 7.44. The molecular formula is C22H25N7O. The predicted molar refractivity (Wildman–Crippen MR) is 115 cm³/mol.